The SMILES string of the molecule is NC(=O)c1ccc(CN2CCC[C@H](c3ccncn3)C2)cc1. The lowest BCUT2D eigenvalue weighted by atomic mass is 9.94. The van der Waals surface area contributed by atoms with Crippen LogP contribution < -0.4 is 5.73 Å². The fourth-order valence-electron chi connectivity index (χ4n) is 3.02. The number of hydrogen-bond acceptors (Lipinski definition) is 4. The Morgan fingerprint density at radius 2 is 2.09 bits per heavy atom. The maximum atomic E-state index is 11.1. The van der Waals surface area contributed by atoms with Crippen molar-refractivity contribution in [3.8, 4) is 0 Å². The first-order valence-corrected chi connectivity index (χ1v) is 7.59. The first-order valence-electron chi connectivity index (χ1n) is 7.59. The van der Waals surface area contributed by atoms with Crippen molar-refractivity contribution >= 4 is 5.91 Å². The molecule has 1 saturated heterocycles. The summed E-state index contributed by atoms with van der Waals surface area (Å²) in [6.07, 6.45) is 5.78. The molecule has 2 heterocycles. The van der Waals surface area contributed by atoms with E-state index in [9.17, 15) is 4.79 Å². The van der Waals surface area contributed by atoms with Crippen LogP contribution in [-0.4, -0.2) is 33.9 Å². The van der Waals surface area contributed by atoms with Crippen LogP contribution in [0.2, 0.25) is 0 Å². The number of hydrogen-bond donors (Lipinski definition) is 1. The third-order valence-electron chi connectivity index (χ3n) is 4.17. The summed E-state index contributed by atoms with van der Waals surface area (Å²) in [5.41, 5.74) is 8.16. The minimum atomic E-state index is -0.381. The van der Waals surface area contributed by atoms with Gasteiger partial charge in [0, 0.05) is 36.5 Å². The van der Waals surface area contributed by atoms with Crippen molar-refractivity contribution in [2.75, 3.05) is 13.1 Å². The number of aromatic nitrogens is 2. The normalized spacial score (nSPS) is 19.0. The minimum absolute atomic E-state index is 0.381. The monoisotopic (exact) mass is 296 g/mol. The second-order valence-electron chi connectivity index (χ2n) is 5.77. The van der Waals surface area contributed by atoms with Crippen molar-refractivity contribution in [1.29, 1.82) is 0 Å². The molecule has 5 heteroatoms. The van der Waals surface area contributed by atoms with Gasteiger partial charge in [-0.3, -0.25) is 9.69 Å². The second kappa shape index (κ2) is 6.66. The quantitative estimate of drug-likeness (QED) is 0.936. The lowest BCUT2D eigenvalue weighted by molar-refractivity contribution is 0.100. The van der Waals surface area contributed by atoms with Gasteiger partial charge in [0.25, 0.3) is 0 Å². The van der Waals surface area contributed by atoms with Gasteiger partial charge in [-0.25, -0.2) is 9.97 Å². The molecule has 2 N–H and O–H groups in total. The number of nitrogens with zero attached hydrogens (tertiary/aromatic N) is 3. The minimum Gasteiger partial charge on any atom is -0.366 e. The molecule has 0 saturated carbocycles. The Morgan fingerprint density at radius 1 is 1.27 bits per heavy atom. The summed E-state index contributed by atoms with van der Waals surface area (Å²) in [6, 6.07) is 9.56. The molecule has 1 aromatic carbocycles. The molecule has 0 radical (unpaired) electrons. The Kier molecular flexibility index (Phi) is 4.44. The number of nitrogens with two attached hydrogens (primary N) is 1. The topological polar surface area (TPSA) is 72.1 Å². The summed E-state index contributed by atoms with van der Waals surface area (Å²) in [7, 11) is 0. The molecule has 1 aliphatic heterocycles. The van der Waals surface area contributed by atoms with E-state index in [0.29, 0.717) is 11.5 Å². The number of benzene rings is 1. The van der Waals surface area contributed by atoms with Crippen LogP contribution in [0.25, 0.3) is 0 Å². The molecule has 22 heavy (non-hydrogen) atoms. The Morgan fingerprint density at radius 3 is 2.77 bits per heavy atom. The molecule has 0 spiro atoms. The second-order valence-corrected chi connectivity index (χ2v) is 5.77. The van der Waals surface area contributed by atoms with Gasteiger partial charge in [0.15, 0.2) is 0 Å². The van der Waals surface area contributed by atoms with E-state index >= 15 is 0 Å². The van der Waals surface area contributed by atoms with Crippen LogP contribution in [0.1, 0.15) is 40.4 Å². The van der Waals surface area contributed by atoms with Gasteiger partial charge in [0.2, 0.25) is 5.91 Å². The average molecular weight is 296 g/mol. The van der Waals surface area contributed by atoms with Crippen molar-refractivity contribution in [2.45, 2.75) is 25.3 Å². The zero-order valence-corrected chi connectivity index (χ0v) is 12.5. The zero-order valence-electron chi connectivity index (χ0n) is 12.5. The third kappa shape index (κ3) is 3.49. The maximum absolute atomic E-state index is 11.1. The maximum Gasteiger partial charge on any atom is 0.248 e. The molecule has 1 amide bonds. The molecule has 3 rings (SSSR count). The van der Waals surface area contributed by atoms with Gasteiger partial charge in [-0.15, -0.1) is 0 Å². The molecule has 114 valence electrons. The number of likely N-dealkylation sites (tertiary alicyclic amines) is 1. The van der Waals surface area contributed by atoms with Gasteiger partial charge in [0.05, 0.1) is 0 Å². The van der Waals surface area contributed by atoms with Crippen LogP contribution in [0.4, 0.5) is 0 Å². The molecule has 1 aliphatic rings. The van der Waals surface area contributed by atoms with E-state index in [2.05, 4.69) is 14.9 Å². The first-order chi connectivity index (χ1) is 10.7. The van der Waals surface area contributed by atoms with Gasteiger partial charge in [-0.05, 0) is 43.1 Å². The van der Waals surface area contributed by atoms with Gasteiger partial charge in [0.1, 0.15) is 6.33 Å². The largest absolute Gasteiger partial charge is 0.366 e. The standard InChI is InChI=1S/C17H20N4O/c18-17(22)14-5-3-13(4-6-14)10-21-9-1-2-15(11-21)16-7-8-19-12-20-16/h3-8,12,15H,1-2,9-11H2,(H2,18,22)/t15-/m0/s1. The van der Waals surface area contributed by atoms with Gasteiger partial charge in [-0.2, -0.15) is 0 Å². The number of carbonyl (C=O) groups is 1. The number of rotatable bonds is 4. The third-order valence-corrected chi connectivity index (χ3v) is 4.17. The lowest BCUT2D eigenvalue weighted by Crippen LogP contribution is -2.34. The van der Waals surface area contributed by atoms with Crippen molar-refractivity contribution in [2.24, 2.45) is 5.73 Å². The van der Waals surface area contributed by atoms with Gasteiger partial charge in [-0.1, -0.05) is 12.1 Å². The van der Waals surface area contributed by atoms with E-state index in [-0.39, 0.29) is 5.91 Å². The number of primary amides is 1. The molecule has 1 aromatic heterocycles. The summed E-state index contributed by atoms with van der Waals surface area (Å²) in [4.78, 5) is 21.9. The highest BCUT2D eigenvalue weighted by Gasteiger charge is 2.22. The predicted octanol–water partition coefficient (Wildman–Crippen LogP) is 1.96. The fraction of sp³-hybridized carbons (Fsp3) is 0.353. The molecular weight excluding hydrogens is 276 g/mol. The van der Waals surface area contributed by atoms with E-state index in [4.69, 9.17) is 5.73 Å². The Labute approximate surface area is 130 Å². The van der Waals surface area contributed by atoms with Crippen LogP contribution in [0, 0.1) is 0 Å². The molecule has 0 bridgehead atoms. The van der Waals surface area contributed by atoms with Gasteiger partial charge < -0.3 is 5.73 Å². The molecule has 1 fully saturated rings. The van der Waals surface area contributed by atoms with Crippen LogP contribution in [0.15, 0.2) is 42.9 Å². The van der Waals surface area contributed by atoms with E-state index in [1.54, 1.807) is 18.5 Å². The summed E-state index contributed by atoms with van der Waals surface area (Å²) < 4.78 is 0. The Balaban J connectivity index is 1.64. The molecule has 1 atom stereocenters. The molecular formula is C17H20N4O. The van der Waals surface area contributed by atoms with E-state index in [1.807, 2.05) is 24.4 Å². The van der Waals surface area contributed by atoms with Crippen molar-refractivity contribution in [3.63, 3.8) is 0 Å². The van der Waals surface area contributed by atoms with Crippen LogP contribution in [-0.2, 0) is 6.54 Å². The van der Waals surface area contributed by atoms with Crippen LogP contribution >= 0.6 is 0 Å². The summed E-state index contributed by atoms with van der Waals surface area (Å²) in [5.74, 6) is 0.0926. The fourth-order valence-corrected chi connectivity index (χ4v) is 3.02. The first kappa shape index (κ1) is 14.7. The molecule has 0 unspecified atom stereocenters. The molecule has 5 nitrogen and oxygen atoms in total. The van der Waals surface area contributed by atoms with Crippen molar-refractivity contribution in [1.82, 2.24) is 14.9 Å². The zero-order chi connectivity index (χ0) is 15.4. The summed E-state index contributed by atoms with van der Waals surface area (Å²) in [5, 5.41) is 0. The van der Waals surface area contributed by atoms with Crippen molar-refractivity contribution in [3.05, 3.63) is 59.7 Å². The smallest absolute Gasteiger partial charge is 0.248 e. The molecule has 0 aliphatic carbocycles. The summed E-state index contributed by atoms with van der Waals surface area (Å²) in [6.45, 7) is 2.99. The van der Waals surface area contributed by atoms with Crippen molar-refractivity contribution < 1.29 is 4.79 Å². The van der Waals surface area contributed by atoms with E-state index < -0.39 is 0 Å². The highest BCUT2D eigenvalue weighted by atomic mass is 16.1. The van der Waals surface area contributed by atoms with Crippen LogP contribution in [0.5, 0.6) is 0 Å². The number of amides is 1. The number of carbonyl (C=O) groups excluding carboxylic acids is 1. The molecule has 2 aromatic rings. The highest BCUT2D eigenvalue weighted by Crippen LogP contribution is 2.26. The predicted molar refractivity (Wildman–Crippen MR) is 84.2 cm³/mol. The highest BCUT2D eigenvalue weighted by molar-refractivity contribution is 5.92. The Hall–Kier alpha value is -2.27. The average Bonchev–Trinajstić information content (AvgIpc) is 2.56. The van der Waals surface area contributed by atoms with E-state index in [1.165, 1.54) is 18.4 Å². The lowest BCUT2D eigenvalue weighted by Gasteiger charge is -2.32. The van der Waals surface area contributed by atoms with E-state index in [0.717, 1.165) is 25.3 Å². The Bertz CT molecular complexity index is 627. The van der Waals surface area contributed by atoms with Gasteiger partial charge >= 0.3 is 0 Å². The number of piperidine rings is 1. The van der Waals surface area contributed by atoms with Crippen LogP contribution in [0.3, 0.4) is 0 Å². The summed E-state index contributed by atoms with van der Waals surface area (Å²) >= 11 is 0.